The molecule has 0 radical (unpaired) electrons. The van der Waals surface area contributed by atoms with Gasteiger partial charge < -0.3 is 13.7 Å². The number of benzene rings is 7. The van der Waals surface area contributed by atoms with Crippen LogP contribution in [-0.4, -0.2) is 20.4 Å². The second-order valence-electron chi connectivity index (χ2n) is 12.8. The van der Waals surface area contributed by atoms with Crippen molar-refractivity contribution in [3.63, 3.8) is 0 Å². The molecule has 50 heavy (non-hydrogen) atoms. The first-order chi connectivity index (χ1) is 24.7. The van der Waals surface area contributed by atoms with Gasteiger partial charge in [-0.25, -0.2) is 0 Å². The minimum absolute atomic E-state index is 0.548. The highest BCUT2D eigenvalue weighted by Crippen LogP contribution is 2.46. The topological polar surface area (TPSA) is 50.9 Å². The Labute approximate surface area is 287 Å². The molecule has 10 aromatic rings. The Morgan fingerprint density at radius 3 is 1.68 bits per heavy atom. The average Bonchev–Trinajstić information content (AvgIpc) is 3.81. The highest BCUT2D eigenvalue weighted by molar-refractivity contribution is 6.31. The summed E-state index contributed by atoms with van der Waals surface area (Å²) in [5.74, 6) is 0. The number of nitrogens with zero attached hydrogens (tertiary/aromatic N) is 5. The fourth-order valence-electron chi connectivity index (χ4n) is 8.10. The lowest BCUT2D eigenvalue weighted by Gasteiger charge is -2.11. The van der Waals surface area contributed by atoms with Crippen LogP contribution in [0.15, 0.2) is 157 Å². The second kappa shape index (κ2) is 10.8. The van der Waals surface area contributed by atoms with Crippen LogP contribution < -0.4 is 0 Å². The van der Waals surface area contributed by atoms with Gasteiger partial charge in [0.05, 0.1) is 51.3 Å². The molecule has 0 unspecified atom stereocenters. The highest BCUT2D eigenvalue weighted by Gasteiger charge is 2.24. The van der Waals surface area contributed by atoms with Crippen molar-refractivity contribution in [1.29, 1.82) is 5.26 Å². The minimum atomic E-state index is 0.548. The molecule has 5 nitrogen and oxygen atoms in total. The van der Waals surface area contributed by atoms with E-state index < -0.39 is 0 Å². The van der Waals surface area contributed by atoms with Gasteiger partial charge in [0.15, 0.2) is 0 Å². The largest absolute Gasteiger partial charge is 0.309 e. The number of hydrogen-bond acceptors (Lipinski definition) is 2. The molecule has 5 heteroatoms. The van der Waals surface area contributed by atoms with Crippen molar-refractivity contribution in [2.24, 2.45) is 4.99 Å². The average molecular weight is 640 g/mol. The van der Waals surface area contributed by atoms with Crippen LogP contribution in [0.5, 0.6) is 0 Å². The number of hydrogen-bond donors (Lipinski definition) is 0. The number of rotatable bonds is 5. The number of para-hydroxylation sites is 3. The lowest BCUT2D eigenvalue weighted by atomic mass is 10.1. The summed E-state index contributed by atoms with van der Waals surface area (Å²) in [5.41, 5.74) is 11.7. The van der Waals surface area contributed by atoms with E-state index in [9.17, 15) is 5.26 Å². The second-order valence-corrected chi connectivity index (χ2v) is 12.8. The molecule has 0 aliphatic carbocycles. The summed E-state index contributed by atoms with van der Waals surface area (Å²) in [4.78, 5) is 4.20. The van der Waals surface area contributed by atoms with Crippen molar-refractivity contribution in [2.75, 3.05) is 0 Å². The van der Waals surface area contributed by atoms with Gasteiger partial charge in [-0.05, 0) is 79.0 Å². The van der Waals surface area contributed by atoms with Crippen molar-refractivity contribution in [3.8, 4) is 23.1 Å². The summed E-state index contributed by atoms with van der Waals surface area (Å²) in [7, 11) is 0. The molecule has 0 N–H and O–H groups in total. The predicted octanol–water partition coefficient (Wildman–Crippen LogP) is 11.1. The summed E-state index contributed by atoms with van der Waals surface area (Å²) in [6.07, 6.45) is 0. The van der Waals surface area contributed by atoms with E-state index in [1.165, 1.54) is 16.2 Å². The molecule has 0 atom stereocenters. The summed E-state index contributed by atoms with van der Waals surface area (Å²) < 4.78 is 7.14. The summed E-state index contributed by atoms with van der Waals surface area (Å²) in [6, 6.07) is 55.9. The smallest absolute Gasteiger partial charge is 0.0992 e. The van der Waals surface area contributed by atoms with E-state index in [1.807, 2.05) is 18.2 Å². The molecule has 0 saturated heterocycles. The van der Waals surface area contributed by atoms with Gasteiger partial charge in [0, 0.05) is 49.4 Å². The van der Waals surface area contributed by atoms with Crippen molar-refractivity contribution < 1.29 is 0 Å². The summed E-state index contributed by atoms with van der Waals surface area (Å²) >= 11 is 0. The molecule has 7 aromatic carbocycles. The van der Waals surface area contributed by atoms with Crippen LogP contribution >= 0.6 is 0 Å². The van der Waals surface area contributed by atoms with Crippen LogP contribution in [0.2, 0.25) is 0 Å². The molecule has 0 saturated carbocycles. The van der Waals surface area contributed by atoms with E-state index in [0.717, 1.165) is 71.9 Å². The molecule has 0 aliphatic heterocycles. The number of aliphatic imine (C=N–C) groups is 1. The van der Waals surface area contributed by atoms with Crippen LogP contribution in [0.1, 0.15) is 11.1 Å². The monoisotopic (exact) mass is 639 g/mol. The molecule has 3 heterocycles. The molecule has 0 fully saturated rings. The maximum absolute atomic E-state index is 10.1. The van der Waals surface area contributed by atoms with Crippen LogP contribution in [0.3, 0.4) is 0 Å². The van der Waals surface area contributed by atoms with E-state index in [-0.39, 0.29) is 0 Å². The fraction of sp³-hybridized carbons (Fsp3) is 0.0222. The Balaban J connectivity index is 1.47. The summed E-state index contributed by atoms with van der Waals surface area (Å²) in [6.45, 7) is 4.31. The van der Waals surface area contributed by atoms with Gasteiger partial charge in [-0.2, -0.15) is 5.26 Å². The lowest BCUT2D eigenvalue weighted by Crippen LogP contribution is -1.97. The first kappa shape index (κ1) is 28.1. The lowest BCUT2D eigenvalue weighted by molar-refractivity contribution is 1.08. The Bertz CT molecular complexity index is 3030. The molecule has 3 aromatic heterocycles. The van der Waals surface area contributed by atoms with Gasteiger partial charge in [-0.1, -0.05) is 84.9 Å². The van der Waals surface area contributed by atoms with Gasteiger partial charge in [0.1, 0.15) is 0 Å². The van der Waals surface area contributed by atoms with Crippen molar-refractivity contribution >= 4 is 72.1 Å². The third kappa shape index (κ3) is 3.90. The van der Waals surface area contributed by atoms with Crippen LogP contribution in [0.25, 0.3) is 82.5 Å². The maximum atomic E-state index is 10.1. The van der Waals surface area contributed by atoms with Crippen molar-refractivity contribution in [2.45, 2.75) is 6.54 Å². The normalized spacial score (nSPS) is 11.7. The van der Waals surface area contributed by atoms with Gasteiger partial charge in [-0.15, -0.1) is 0 Å². The fourth-order valence-corrected chi connectivity index (χ4v) is 8.10. The standard InChI is InChI=1S/C45H29N5/c1-47-28-30-19-20-37-41(26-30)49(32-14-6-3-7-15-32)40-24-22-35-34-21-23-39-42(36-17-8-9-18-38(36)48(39)31-12-4-2-5-13-31)44(34)50(45(35)43(37)40)33-16-10-11-29(25-33)27-46/h2-26H,1,28H2. The number of fused-ring (bicyclic) bond motifs is 11. The molecule has 234 valence electrons. The van der Waals surface area contributed by atoms with Crippen molar-refractivity contribution in [3.05, 3.63) is 163 Å². The molecule has 0 amide bonds. The Kier molecular flexibility index (Phi) is 6.09. The molecule has 0 aliphatic rings. The van der Waals surface area contributed by atoms with E-state index in [4.69, 9.17) is 0 Å². The molecular formula is C45H29N5. The van der Waals surface area contributed by atoms with Gasteiger partial charge >= 0.3 is 0 Å². The Morgan fingerprint density at radius 1 is 0.480 bits per heavy atom. The minimum Gasteiger partial charge on any atom is -0.309 e. The Morgan fingerprint density at radius 2 is 1.04 bits per heavy atom. The molecule has 10 rings (SSSR count). The van der Waals surface area contributed by atoms with Gasteiger partial charge in [0.2, 0.25) is 0 Å². The van der Waals surface area contributed by atoms with E-state index in [2.05, 4.69) is 165 Å². The first-order valence-corrected chi connectivity index (χ1v) is 16.8. The summed E-state index contributed by atoms with van der Waals surface area (Å²) in [5, 5.41) is 17.1. The Hall–Kier alpha value is -6.90. The molecule has 0 bridgehead atoms. The highest BCUT2D eigenvalue weighted by atomic mass is 15.0. The quantitative estimate of drug-likeness (QED) is 0.173. The van der Waals surface area contributed by atoms with Crippen molar-refractivity contribution in [1.82, 2.24) is 13.7 Å². The van der Waals surface area contributed by atoms with Crippen LogP contribution in [0, 0.1) is 11.3 Å². The molecular weight excluding hydrogens is 611 g/mol. The van der Waals surface area contributed by atoms with E-state index in [1.54, 1.807) is 0 Å². The van der Waals surface area contributed by atoms with Gasteiger partial charge in [-0.3, -0.25) is 4.99 Å². The number of nitriles is 1. The zero-order valence-corrected chi connectivity index (χ0v) is 27.1. The van der Waals surface area contributed by atoms with Gasteiger partial charge in [0.25, 0.3) is 0 Å². The predicted molar refractivity (Wildman–Crippen MR) is 207 cm³/mol. The molecule has 0 spiro atoms. The zero-order chi connectivity index (χ0) is 33.3. The van der Waals surface area contributed by atoms with E-state index >= 15 is 0 Å². The third-order valence-electron chi connectivity index (χ3n) is 10.1. The first-order valence-electron chi connectivity index (χ1n) is 16.8. The SMILES string of the molecule is C=NCc1ccc2c3c(ccc4c5ccc6c(c7ccccc7n6-c6ccccc6)c5n(-c5cccc(C#N)c5)c43)n(-c3ccccc3)c2c1. The number of aromatic nitrogens is 3. The third-order valence-corrected chi connectivity index (χ3v) is 10.1. The van der Waals surface area contributed by atoms with Crippen LogP contribution in [-0.2, 0) is 6.54 Å². The van der Waals surface area contributed by atoms with E-state index in [0.29, 0.717) is 12.1 Å². The maximum Gasteiger partial charge on any atom is 0.0992 e. The van der Waals surface area contributed by atoms with Crippen LogP contribution in [0.4, 0.5) is 0 Å². The zero-order valence-electron chi connectivity index (χ0n) is 27.1.